The van der Waals surface area contributed by atoms with Crippen molar-refractivity contribution < 1.29 is 0 Å². The van der Waals surface area contributed by atoms with Crippen LogP contribution in [0, 0.1) is 0 Å². The molecule has 10 aromatic carbocycles. The van der Waals surface area contributed by atoms with Crippen LogP contribution in [-0.4, -0.2) is 19.1 Å². The van der Waals surface area contributed by atoms with Crippen LogP contribution in [0.4, 0.5) is 0 Å². The van der Waals surface area contributed by atoms with Crippen LogP contribution in [0.3, 0.4) is 0 Å². The van der Waals surface area contributed by atoms with E-state index in [9.17, 15) is 0 Å². The normalized spacial score (nSPS) is 11.5. The molecule has 346 valence electrons. The summed E-state index contributed by atoms with van der Waals surface area (Å²) < 4.78 is 4.73. The summed E-state index contributed by atoms with van der Waals surface area (Å²) in [5, 5.41) is 4.67. The number of fused-ring (bicyclic) bond motifs is 6. The fourth-order valence-electron chi connectivity index (χ4n) is 10.9. The second kappa shape index (κ2) is 18.1. The molecule has 0 fully saturated rings. The Balaban J connectivity index is 1.01. The Labute approximate surface area is 429 Å². The van der Waals surface area contributed by atoms with Gasteiger partial charge in [-0.05, 0) is 128 Å². The first kappa shape index (κ1) is 42.9. The number of pyridine rings is 2. The molecule has 4 nitrogen and oxygen atoms in total. The Hall–Kier alpha value is -9.90. The zero-order valence-electron chi connectivity index (χ0n) is 40.3. The van der Waals surface area contributed by atoms with E-state index in [1.54, 1.807) is 0 Å². The highest BCUT2D eigenvalue weighted by Crippen LogP contribution is 2.41. The molecule has 0 aliphatic rings. The van der Waals surface area contributed by atoms with Gasteiger partial charge in [-0.3, -0.25) is 9.13 Å². The first-order chi connectivity index (χ1) is 36.7. The van der Waals surface area contributed by atoms with Gasteiger partial charge >= 0.3 is 0 Å². The van der Waals surface area contributed by atoms with Crippen LogP contribution in [-0.2, 0) is 0 Å². The molecule has 4 heterocycles. The predicted octanol–water partition coefficient (Wildman–Crippen LogP) is 18.3. The third-order valence-electron chi connectivity index (χ3n) is 14.5. The summed E-state index contributed by atoms with van der Waals surface area (Å²) in [6.45, 7) is 0. The van der Waals surface area contributed by atoms with E-state index in [4.69, 9.17) is 9.97 Å². The van der Waals surface area contributed by atoms with Gasteiger partial charge in [-0.2, -0.15) is 0 Å². The van der Waals surface area contributed by atoms with Crippen molar-refractivity contribution >= 4 is 43.6 Å². The molecule has 0 aliphatic heterocycles. The highest BCUT2D eigenvalue weighted by Gasteiger charge is 2.21. The van der Waals surface area contributed by atoms with Crippen LogP contribution in [0.1, 0.15) is 0 Å². The summed E-state index contributed by atoms with van der Waals surface area (Å²) in [7, 11) is 0. The van der Waals surface area contributed by atoms with Gasteiger partial charge in [-0.25, -0.2) is 9.97 Å². The maximum atomic E-state index is 5.79. The van der Waals surface area contributed by atoms with Gasteiger partial charge in [0.05, 0.1) is 33.5 Å². The smallest absolute Gasteiger partial charge is 0.140 e. The Morgan fingerprint density at radius 1 is 0.189 bits per heavy atom. The number of rotatable bonds is 9. The topological polar surface area (TPSA) is 35.6 Å². The molecule has 0 saturated carbocycles. The summed E-state index contributed by atoms with van der Waals surface area (Å²) in [4.78, 5) is 10.9. The van der Waals surface area contributed by atoms with Crippen LogP contribution >= 0.6 is 0 Å². The summed E-state index contributed by atoms with van der Waals surface area (Å²) >= 11 is 0. The summed E-state index contributed by atoms with van der Waals surface area (Å²) in [5.41, 5.74) is 19.9. The van der Waals surface area contributed by atoms with Crippen molar-refractivity contribution in [2.24, 2.45) is 0 Å². The molecule has 0 unspecified atom stereocenters. The maximum absolute atomic E-state index is 5.79. The Bertz CT molecular complexity index is 3960. The van der Waals surface area contributed by atoms with Gasteiger partial charge in [0.15, 0.2) is 0 Å². The number of nitrogens with zero attached hydrogens (tertiary/aromatic N) is 4. The van der Waals surface area contributed by atoms with Gasteiger partial charge < -0.3 is 0 Å². The SMILES string of the molecule is c1ccc(-c2ccc3c(c2)c2cc(-c4ccccc4)ccc2n3-c2cc(-c3ccc(-c4cccc(-c5ccccc5)n4)cc3)cc(-n3c4ccc(-c5ccccc5)cc4c4cc(-c5ccccc5)ccc43)n2)cc1. The molecule has 14 aromatic rings. The minimum atomic E-state index is 0.829. The highest BCUT2D eigenvalue weighted by molar-refractivity contribution is 6.13. The molecule has 0 N–H and O–H groups in total. The number of aromatic nitrogens is 4. The zero-order valence-corrected chi connectivity index (χ0v) is 40.3. The van der Waals surface area contributed by atoms with E-state index in [1.165, 1.54) is 66.1 Å². The second-order valence-corrected chi connectivity index (χ2v) is 19.0. The van der Waals surface area contributed by atoms with E-state index in [-0.39, 0.29) is 0 Å². The monoisotopic (exact) mass is 942 g/mol. The largest absolute Gasteiger partial charge is 0.294 e. The van der Waals surface area contributed by atoms with Crippen LogP contribution in [0.2, 0.25) is 0 Å². The van der Waals surface area contributed by atoms with Crippen molar-refractivity contribution in [3.8, 4) is 89.8 Å². The van der Waals surface area contributed by atoms with Crippen molar-refractivity contribution in [3.63, 3.8) is 0 Å². The third-order valence-corrected chi connectivity index (χ3v) is 14.5. The van der Waals surface area contributed by atoms with Gasteiger partial charge in [0.2, 0.25) is 0 Å². The van der Waals surface area contributed by atoms with Crippen molar-refractivity contribution in [2.75, 3.05) is 0 Å². The molecule has 0 bridgehead atoms. The maximum Gasteiger partial charge on any atom is 0.140 e. The molecular formula is C70H46N4. The first-order valence-electron chi connectivity index (χ1n) is 25.2. The van der Waals surface area contributed by atoms with Crippen LogP contribution < -0.4 is 0 Å². The molecule has 4 heteroatoms. The molecule has 0 amide bonds. The number of hydrogen-bond acceptors (Lipinski definition) is 2. The molecule has 0 aliphatic carbocycles. The van der Waals surface area contributed by atoms with Crippen molar-refractivity contribution in [1.29, 1.82) is 0 Å². The van der Waals surface area contributed by atoms with E-state index in [1.807, 2.05) is 6.07 Å². The van der Waals surface area contributed by atoms with Crippen LogP contribution in [0.25, 0.3) is 133 Å². The standard InChI is InChI=1S/C70H46N4/c1-6-17-47(18-7-1)54-33-37-65-59(41-54)60-42-55(48-19-8-2-9-20-48)34-38-66(60)73(65)69-45-58(51-29-31-53(32-30-51)64-28-16-27-63(71-64)52-25-14-5-15-26-52)46-70(72-69)74-67-39-35-56(49-21-10-3-11-22-49)43-61(67)62-44-57(36-40-68(62)74)50-23-12-4-13-24-50/h1-46H. The molecule has 0 atom stereocenters. The highest BCUT2D eigenvalue weighted by atomic mass is 15.1. The summed E-state index contributed by atoms with van der Waals surface area (Å²) in [6.07, 6.45) is 0. The summed E-state index contributed by atoms with van der Waals surface area (Å²) in [5.74, 6) is 1.66. The quantitative estimate of drug-likeness (QED) is 0.145. The van der Waals surface area contributed by atoms with Crippen molar-refractivity contribution in [1.82, 2.24) is 19.1 Å². The van der Waals surface area contributed by atoms with Gasteiger partial charge in [0.1, 0.15) is 11.6 Å². The van der Waals surface area contributed by atoms with Gasteiger partial charge in [0, 0.05) is 32.7 Å². The van der Waals surface area contributed by atoms with Crippen LogP contribution in [0.5, 0.6) is 0 Å². The molecule has 0 spiro atoms. The van der Waals surface area contributed by atoms with Gasteiger partial charge in [-0.15, -0.1) is 0 Å². The molecular weight excluding hydrogens is 897 g/mol. The Kier molecular flexibility index (Phi) is 10.5. The lowest BCUT2D eigenvalue weighted by atomic mass is 10.0. The van der Waals surface area contributed by atoms with E-state index >= 15 is 0 Å². The van der Waals surface area contributed by atoms with E-state index < -0.39 is 0 Å². The zero-order chi connectivity index (χ0) is 49.0. The average Bonchev–Trinajstić information content (AvgIpc) is 4.02. The van der Waals surface area contributed by atoms with Crippen molar-refractivity contribution in [2.45, 2.75) is 0 Å². The first-order valence-corrected chi connectivity index (χ1v) is 25.2. The minimum absolute atomic E-state index is 0.829. The van der Waals surface area contributed by atoms with Crippen LogP contribution in [0.15, 0.2) is 279 Å². The minimum Gasteiger partial charge on any atom is -0.294 e. The van der Waals surface area contributed by atoms with E-state index in [0.717, 1.165) is 67.3 Å². The van der Waals surface area contributed by atoms with Gasteiger partial charge in [-0.1, -0.05) is 206 Å². The average molecular weight is 943 g/mol. The Morgan fingerprint density at radius 2 is 0.459 bits per heavy atom. The van der Waals surface area contributed by atoms with E-state index in [0.29, 0.717) is 0 Å². The third kappa shape index (κ3) is 7.65. The fraction of sp³-hybridized carbons (Fsp3) is 0. The van der Waals surface area contributed by atoms with E-state index in [2.05, 4.69) is 282 Å². The molecule has 0 saturated heterocycles. The molecule has 4 aromatic heterocycles. The molecule has 0 radical (unpaired) electrons. The van der Waals surface area contributed by atoms with Gasteiger partial charge in [0.25, 0.3) is 0 Å². The molecule has 14 rings (SSSR count). The molecule has 74 heavy (non-hydrogen) atoms. The number of hydrogen-bond donors (Lipinski definition) is 0. The van der Waals surface area contributed by atoms with Crippen molar-refractivity contribution in [3.05, 3.63) is 279 Å². The summed E-state index contributed by atoms with van der Waals surface area (Å²) in [6, 6.07) is 100. The lowest BCUT2D eigenvalue weighted by Crippen LogP contribution is -2.04. The number of benzene rings is 10. The Morgan fingerprint density at radius 3 is 0.797 bits per heavy atom. The fourth-order valence-corrected chi connectivity index (χ4v) is 10.9. The second-order valence-electron chi connectivity index (χ2n) is 19.0. The lowest BCUT2D eigenvalue weighted by Gasteiger charge is -2.15. The lowest BCUT2D eigenvalue weighted by molar-refractivity contribution is 1.01. The predicted molar refractivity (Wildman–Crippen MR) is 309 cm³/mol.